The number of rotatable bonds is 5. The Labute approximate surface area is 181 Å². The summed E-state index contributed by atoms with van der Waals surface area (Å²) in [6.45, 7) is 5.23. The minimum atomic E-state index is -0.841. The average Bonchev–Trinajstić information content (AvgIpc) is 3.26. The number of aryl methyl sites for hydroxylation is 2. The number of carbonyl (C=O) groups is 3. The molecular formula is C20H22N6O4S. The number of amides is 2. The van der Waals surface area contributed by atoms with Gasteiger partial charge in [0.05, 0.1) is 5.56 Å². The van der Waals surface area contributed by atoms with Gasteiger partial charge in [-0.2, -0.15) is 4.98 Å². The first-order valence-corrected chi connectivity index (χ1v) is 10.7. The molecule has 11 heteroatoms. The number of anilines is 1. The maximum atomic E-state index is 12.4. The fraction of sp³-hybridized carbons (Fsp3) is 0.400. The van der Waals surface area contributed by atoms with Gasteiger partial charge >= 0.3 is 5.97 Å². The maximum Gasteiger partial charge on any atom is 0.378 e. The molecule has 1 aliphatic rings. The molecule has 0 bridgehead atoms. The number of primary amides is 1. The molecule has 1 aliphatic carbocycles. The Morgan fingerprint density at radius 2 is 2.10 bits per heavy atom. The summed E-state index contributed by atoms with van der Waals surface area (Å²) in [5.41, 5.74) is 8.33. The molecule has 0 aliphatic heterocycles. The SMILES string of the molecule is Cc1cc(C)n2nc(C(=O)OCC(=O)Nc3sc4c(c3C(N)=O)CCC(C)C4)nc2n1. The summed E-state index contributed by atoms with van der Waals surface area (Å²) < 4.78 is 6.48. The van der Waals surface area contributed by atoms with Crippen LogP contribution in [0.25, 0.3) is 5.78 Å². The van der Waals surface area contributed by atoms with Gasteiger partial charge in [0.15, 0.2) is 6.61 Å². The zero-order chi connectivity index (χ0) is 22.3. The van der Waals surface area contributed by atoms with Crippen molar-refractivity contribution in [2.24, 2.45) is 11.7 Å². The van der Waals surface area contributed by atoms with Gasteiger partial charge in [-0.25, -0.2) is 14.3 Å². The molecule has 0 saturated carbocycles. The lowest BCUT2D eigenvalue weighted by molar-refractivity contribution is -0.119. The highest BCUT2D eigenvalue weighted by Crippen LogP contribution is 2.39. The standard InChI is InChI=1S/C20H22N6O4S/c1-9-4-5-12-13(6-9)31-18(15(12)16(21)28)23-14(27)8-30-19(29)17-24-20-22-10(2)7-11(3)26(20)25-17/h7,9H,4-6,8H2,1-3H3,(H2,21,28)(H,23,27). The van der Waals surface area contributed by atoms with Crippen LogP contribution in [0.2, 0.25) is 0 Å². The summed E-state index contributed by atoms with van der Waals surface area (Å²) >= 11 is 1.35. The molecule has 0 spiro atoms. The molecule has 162 valence electrons. The van der Waals surface area contributed by atoms with E-state index in [2.05, 4.69) is 27.3 Å². The van der Waals surface area contributed by atoms with E-state index in [0.717, 1.165) is 41.1 Å². The Kier molecular flexibility index (Phi) is 5.44. The molecule has 1 unspecified atom stereocenters. The van der Waals surface area contributed by atoms with Crippen molar-refractivity contribution in [1.29, 1.82) is 0 Å². The van der Waals surface area contributed by atoms with Crippen LogP contribution >= 0.6 is 11.3 Å². The number of esters is 1. The van der Waals surface area contributed by atoms with Gasteiger partial charge in [-0.15, -0.1) is 16.4 Å². The van der Waals surface area contributed by atoms with Crippen molar-refractivity contribution in [3.8, 4) is 0 Å². The molecule has 2 amide bonds. The number of thiophene rings is 1. The first kappa shape index (κ1) is 20.9. The predicted molar refractivity (Wildman–Crippen MR) is 113 cm³/mol. The van der Waals surface area contributed by atoms with E-state index in [4.69, 9.17) is 10.5 Å². The fourth-order valence-electron chi connectivity index (χ4n) is 3.71. The summed E-state index contributed by atoms with van der Waals surface area (Å²) in [4.78, 5) is 46.0. The molecule has 3 aromatic heterocycles. The van der Waals surface area contributed by atoms with Gasteiger partial charge in [-0.3, -0.25) is 9.59 Å². The lowest BCUT2D eigenvalue weighted by Crippen LogP contribution is -2.23. The monoisotopic (exact) mass is 442 g/mol. The summed E-state index contributed by atoms with van der Waals surface area (Å²) in [7, 11) is 0. The highest BCUT2D eigenvalue weighted by molar-refractivity contribution is 7.17. The van der Waals surface area contributed by atoms with Crippen molar-refractivity contribution >= 4 is 39.9 Å². The number of ether oxygens (including phenoxy) is 1. The average molecular weight is 443 g/mol. The highest BCUT2D eigenvalue weighted by Gasteiger charge is 2.27. The normalized spacial score (nSPS) is 15.5. The van der Waals surface area contributed by atoms with E-state index in [9.17, 15) is 14.4 Å². The van der Waals surface area contributed by atoms with Crippen LogP contribution in [0, 0.1) is 19.8 Å². The third-order valence-corrected chi connectivity index (χ3v) is 6.32. The lowest BCUT2D eigenvalue weighted by Gasteiger charge is -2.18. The van der Waals surface area contributed by atoms with E-state index in [-0.39, 0.29) is 11.6 Å². The number of carbonyl (C=O) groups excluding carboxylic acids is 3. The zero-order valence-corrected chi connectivity index (χ0v) is 18.2. The minimum Gasteiger partial charge on any atom is -0.450 e. The van der Waals surface area contributed by atoms with Crippen molar-refractivity contribution in [3.05, 3.63) is 39.3 Å². The van der Waals surface area contributed by atoms with Gasteiger partial charge in [-0.1, -0.05) is 6.92 Å². The molecule has 0 radical (unpaired) electrons. The molecule has 0 fully saturated rings. The summed E-state index contributed by atoms with van der Waals surface area (Å²) in [6.07, 6.45) is 2.56. The Hall–Kier alpha value is -3.34. The van der Waals surface area contributed by atoms with Crippen LogP contribution in [0.15, 0.2) is 6.07 Å². The Bertz CT molecular complexity index is 1210. The minimum absolute atomic E-state index is 0.188. The quantitative estimate of drug-likeness (QED) is 0.574. The molecule has 0 aromatic carbocycles. The van der Waals surface area contributed by atoms with Crippen LogP contribution in [0.3, 0.4) is 0 Å². The molecule has 4 rings (SSSR count). The van der Waals surface area contributed by atoms with Crippen molar-refractivity contribution < 1.29 is 19.1 Å². The van der Waals surface area contributed by atoms with E-state index in [1.807, 2.05) is 19.9 Å². The second kappa shape index (κ2) is 8.06. The third kappa shape index (κ3) is 4.13. The van der Waals surface area contributed by atoms with Crippen LogP contribution in [0.1, 0.15) is 56.1 Å². The molecular weight excluding hydrogens is 420 g/mol. The molecule has 31 heavy (non-hydrogen) atoms. The molecule has 3 aromatic rings. The van der Waals surface area contributed by atoms with Crippen LogP contribution in [-0.4, -0.2) is 44.0 Å². The number of aromatic nitrogens is 4. The van der Waals surface area contributed by atoms with Crippen LogP contribution < -0.4 is 11.1 Å². The van der Waals surface area contributed by atoms with Crippen molar-refractivity contribution in [1.82, 2.24) is 19.6 Å². The van der Waals surface area contributed by atoms with Gasteiger partial charge in [0.25, 0.3) is 23.4 Å². The number of nitrogens with one attached hydrogen (secondary N) is 1. The van der Waals surface area contributed by atoms with Gasteiger partial charge in [0.2, 0.25) is 0 Å². The molecule has 10 nitrogen and oxygen atoms in total. The van der Waals surface area contributed by atoms with Gasteiger partial charge in [-0.05, 0) is 50.7 Å². The van der Waals surface area contributed by atoms with E-state index >= 15 is 0 Å². The summed E-state index contributed by atoms with van der Waals surface area (Å²) in [6, 6.07) is 1.81. The molecule has 3 N–H and O–H groups in total. The van der Waals surface area contributed by atoms with E-state index < -0.39 is 24.4 Å². The Balaban J connectivity index is 1.45. The maximum absolute atomic E-state index is 12.4. The topological polar surface area (TPSA) is 142 Å². The summed E-state index contributed by atoms with van der Waals surface area (Å²) in [5, 5.41) is 7.14. The number of nitrogens with two attached hydrogens (primary N) is 1. The van der Waals surface area contributed by atoms with E-state index in [1.54, 1.807) is 0 Å². The lowest BCUT2D eigenvalue weighted by atomic mass is 9.88. The van der Waals surface area contributed by atoms with E-state index in [0.29, 0.717) is 16.5 Å². The van der Waals surface area contributed by atoms with Crippen LogP contribution in [0.4, 0.5) is 5.00 Å². The fourth-order valence-corrected chi connectivity index (χ4v) is 5.14. The van der Waals surface area contributed by atoms with E-state index in [1.165, 1.54) is 15.9 Å². The number of fused-ring (bicyclic) bond motifs is 2. The zero-order valence-electron chi connectivity index (χ0n) is 17.4. The second-order valence-corrected chi connectivity index (χ2v) is 8.84. The molecule has 3 heterocycles. The van der Waals surface area contributed by atoms with Crippen molar-refractivity contribution in [2.75, 3.05) is 11.9 Å². The smallest absolute Gasteiger partial charge is 0.378 e. The van der Waals surface area contributed by atoms with Gasteiger partial charge in [0.1, 0.15) is 5.00 Å². The predicted octanol–water partition coefficient (Wildman–Crippen LogP) is 1.82. The number of hydrogen-bond acceptors (Lipinski definition) is 8. The molecule has 1 atom stereocenters. The largest absolute Gasteiger partial charge is 0.450 e. The number of nitrogens with zero attached hydrogens (tertiary/aromatic N) is 4. The van der Waals surface area contributed by atoms with Gasteiger partial charge < -0.3 is 15.8 Å². The third-order valence-electron chi connectivity index (χ3n) is 5.15. The van der Waals surface area contributed by atoms with Crippen LogP contribution in [0.5, 0.6) is 0 Å². The second-order valence-electron chi connectivity index (χ2n) is 7.73. The Morgan fingerprint density at radius 1 is 1.32 bits per heavy atom. The van der Waals surface area contributed by atoms with Gasteiger partial charge in [0, 0.05) is 16.3 Å². The summed E-state index contributed by atoms with van der Waals surface area (Å²) in [5.74, 6) is -1.39. The van der Waals surface area contributed by atoms with Crippen molar-refractivity contribution in [2.45, 2.75) is 40.0 Å². The highest BCUT2D eigenvalue weighted by atomic mass is 32.1. The first-order valence-electron chi connectivity index (χ1n) is 9.85. The number of hydrogen-bond donors (Lipinski definition) is 2. The van der Waals surface area contributed by atoms with Crippen molar-refractivity contribution in [3.63, 3.8) is 0 Å². The molecule has 0 saturated heterocycles. The van der Waals surface area contributed by atoms with Crippen LogP contribution in [-0.2, 0) is 22.4 Å². The Morgan fingerprint density at radius 3 is 2.84 bits per heavy atom. The first-order chi connectivity index (χ1) is 14.7.